The topological polar surface area (TPSA) is 58.6 Å². The summed E-state index contributed by atoms with van der Waals surface area (Å²) >= 11 is 0. The van der Waals surface area contributed by atoms with E-state index >= 15 is 0 Å². The van der Waals surface area contributed by atoms with Crippen LogP contribution in [-0.4, -0.2) is 35.4 Å². The molecule has 27 heavy (non-hydrogen) atoms. The second kappa shape index (κ2) is 7.78. The van der Waals surface area contributed by atoms with E-state index in [1.165, 1.54) is 24.3 Å². The number of ether oxygens (including phenoxy) is 1. The first-order valence-electron chi connectivity index (χ1n) is 9.00. The highest BCUT2D eigenvalue weighted by Crippen LogP contribution is 2.21. The number of hydrogen-bond donors (Lipinski definition) is 1. The number of rotatable bonds is 5. The fraction of sp³-hybridized carbons (Fsp3) is 0.333. The Balaban J connectivity index is 1.62. The van der Waals surface area contributed by atoms with Crippen molar-refractivity contribution in [2.75, 3.05) is 18.4 Å². The minimum absolute atomic E-state index is 0.0188. The number of amides is 2. The van der Waals surface area contributed by atoms with Gasteiger partial charge in [-0.15, -0.1) is 0 Å². The lowest BCUT2D eigenvalue weighted by Gasteiger charge is -2.25. The predicted octanol–water partition coefficient (Wildman–Crippen LogP) is 3.86. The molecule has 2 aromatic carbocycles. The Morgan fingerprint density at radius 2 is 1.59 bits per heavy atom. The van der Waals surface area contributed by atoms with Crippen LogP contribution in [0.4, 0.5) is 10.1 Å². The Morgan fingerprint density at radius 1 is 1.00 bits per heavy atom. The lowest BCUT2D eigenvalue weighted by molar-refractivity contribution is -0.128. The Hall–Kier alpha value is -2.89. The van der Waals surface area contributed by atoms with E-state index in [9.17, 15) is 14.0 Å². The van der Waals surface area contributed by atoms with Gasteiger partial charge in [0.05, 0.1) is 0 Å². The van der Waals surface area contributed by atoms with Crippen LogP contribution in [0, 0.1) is 5.82 Å². The quantitative estimate of drug-likeness (QED) is 0.870. The van der Waals surface area contributed by atoms with Gasteiger partial charge in [-0.05, 0) is 75.2 Å². The zero-order chi connectivity index (χ0) is 19.4. The molecular weight excluding hydrogens is 347 g/mol. The molecule has 6 heteroatoms. The van der Waals surface area contributed by atoms with Crippen molar-refractivity contribution >= 4 is 17.5 Å². The SMILES string of the molecule is CC(C)(Oc1ccc(F)cc1)C(=O)Nc1ccc(C(=O)N2CCCC2)cc1. The van der Waals surface area contributed by atoms with Gasteiger partial charge in [-0.25, -0.2) is 4.39 Å². The number of carbonyl (C=O) groups excluding carboxylic acids is 2. The molecule has 5 nitrogen and oxygen atoms in total. The third kappa shape index (κ3) is 4.64. The molecule has 0 unspecified atom stereocenters. The second-order valence-electron chi connectivity index (χ2n) is 7.10. The van der Waals surface area contributed by atoms with E-state index in [0.717, 1.165) is 25.9 Å². The molecule has 0 atom stereocenters. The molecule has 0 saturated carbocycles. The maximum atomic E-state index is 13.0. The first kappa shape index (κ1) is 18.9. The Bertz CT molecular complexity index is 810. The van der Waals surface area contributed by atoms with E-state index in [2.05, 4.69) is 5.32 Å². The van der Waals surface area contributed by atoms with Crippen molar-refractivity contribution in [3.63, 3.8) is 0 Å². The van der Waals surface area contributed by atoms with Crippen LogP contribution in [0.5, 0.6) is 5.75 Å². The van der Waals surface area contributed by atoms with E-state index in [1.807, 2.05) is 4.90 Å². The maximum Gasteiger partial charge on any atom is 0.267 e. The van der Waals surface area contributed by atoms with E-state index < -0.39 is 5.60 Å². The third-order valence-corrected chi connectivity index (χ3v) is 4.52. The number of likely N-dealkylation sites (tertiary alicyclic amines) is 1. The van der Waals surface area contributed by atoms with Crippen LogP contribution in [-0.2, 0) is 4.79 Å². The third-order valence-electron chi connectivity index (χ3n) is 4.52. The van der Waals surface area contributed by atoms with Crippen molar-refractivity contribution in [1.82, 2.24) is 4.90 Å². The molecule has 2 amide bonds. The molecule has 142 valence electrons. The van der Waals surface area contributed by atoms with Crippen LogP contribution in [0.3, 0.4) is 0 Å². The molecule has 1 fully saturated rings. The van der Waals surface area contributed by atoms with Crippen LogP contribution in [0.1, 0.15) is 37.0 Å². The first-order valence-corrected chi connectivity index (χ1v) is 9.00. The maximum absolute atomic E-state index is 13.0. The van der Waals surface area contributed by atoms with Crippen molar-refractivity contribution in [3.8, 4) is 5.75 Å². The van der Waals surface area contributed by atoms with Crippen LogP contribution >= 0.6 is 0 Å². The van der Waals surface area contributed by atoms with E-state index in [-0.39, 0.29) is 17.6 Å². The zero-order valence-electron chi connectivity index (χ0n) is 15.5. The average Bonchev–Trinajstić information content (AvgIpc) is 3.18. The fourth-order valence-electron chi connectivity index (χ4n) is 2.92. The number of hydrogen-bond acceptors (Lipinski definition) is 3. The van der Waals surface area contributed by atoms with Gasteiger partial charge in [0.15, 0.2) is 5.60 Å². The van der Waals surface area contributed by atoms with Gasteiger partial charge in [0.25, 0.3) is 11.8 Å². The Kier molecular flexibility index (Phi) is 5.44. The van der Waals surface area contributed by atoms with Gasteiger partial charge in [-0.3, -0.25) is 9.59 Å². The molecule has 1 aliphatic rings. The molecule has 0 aliphatic carbocycles. The summed E-state index contributed by atoms with van der Waals surface area (Å²) in [4.78, 5) is 26.7. The number of nitrogens with one attached hydrogen (secondary N) is 1. The molecule has 1 saturated heterocycles. The van der Waals surface area contributed by atoms with Crippen molar-refractivity contribution in [2.24, 2.45) is 0 Å². The first-order chi connectivity index (χ1) is 12.8. The summed E-state index contributed by atoms with van der Waals surface area (Å²) in [7, 11) is 0. The molecular formula is C21H23FN2O3. The van der Waals surface area contributed by atoms with Gasteiger partial charge in [0, 0.05) is 24.3 Å². The van der Waals surface area contributed by atoms with E-state index in [1.54, 1.807) is 38.1 Å². The molecule has 3 rings (SSSR count). The normalized spacial score (nSPS) is 14.1. The highest BCUT2D eigenvalue weighted by Gasteiger charge is 2.30. The molecule has 1 N–H and O–H groups in total. The lowest BCUT2D eigenvalue weighted by Crippen LogP contribution is -2.42. The van der Waals surface area contributed by atoms with Crippen molar-refractivity contribution in [3.05, 3.63) is 59.9 Å². The van der Waals surface area contributed by atoms with Gasteiger partial charge in [-0.2, -0.15) is 0 Å². The van der Waals surface area contributed by atoms with Crippen LogP contribution in [0.15, 0.2) is 48.5 Å². The minimum Gasteiger partial charge on any atom is -0.478 e. The summed E-state index contributed by atoms with van der Waals surface area (Å²) in [6, 6.07) is 12.3. The van der Waals surface area contributed by atoms with Crippen LogP contribution < -0.4 is 10.1 Å². The fourth-order valence-corrected chi connectivity index (χ4v) is 2.92. The number of benzene rings is 2. The van der Waals surface area contributed by atoms with Gasteiger partial charge in [0.1, 0.15) is 11.6 Å². The highest BCUT2D eigenvalue weighted by atomic mass is 19.1. The summed E-state index contributed by atoms with van der Waals surface area (Å²) < 4.78 is 18.7. The largest absolute Gasteiger partial charge is 0.478 e. The monoisotopic (exact) mass is 370 g/mol. The number of carbonyl (C=O) groups is 2. The van der Waals surface area contributed by atoms with Gasteiger partial charge in [-0.1, -0.05) is 0 Å². The number of anilines is 1. The highest BCUT2D eigenvalue weighted by molar-refractivity contribution is 5.98. The molecule has 2 aromatic rings. The summed E-state index contributed by atoms with van der Waals surface area (Å²) in [5.41, 5.74) is 0.0347. The average molecular weight is 370 g/mol. The minimum atomic E-state index is -1.15. The summed E-state index contributed by atoms with van der Waals surface area (Å²) in [5, 5.41) is 2.79. The molecule has 0 spiro atoms. The van der Waals surface area contributed by atoms with Crippen molar-refractivity contribution in [2.45, 2.75) is 32.3 Å². The smallest absolute Gasteiger partial charge is 0.267 e. The molecule has 0 radical (unpaired) electrons. The van der Waals surface area contributed by atoms with Crippen molar-refractivity contribution in [1.29, 1.82) is 0 Å². The predicted molar refractivity (Wildman–Crippen MR) is 101 cm³/mol. The molecule has 1 aliphatic heterocycles. The molecule has 1 heterocycles. The standard InChI is InChI=1S/C21H23FN2O3/c1-21(2,27-18-11-7-16(22)8-12-18)20(26)23-17-9-5-15(6-10-17)19(25)24-13-3-4-14-24/h5-12H,3-4,13-14H2,1-2H3,(H,23,26). The van der Waals surface area contributed by atoms with Gasteiger partial charge >= 0.3 is 0 Å². The summed E-state index contributed by atoms with van der Waals surface area (Å²) in [5.74, 6) is -0.285. The number of nitrogens with zero attached hydrogens (tertiary/aromatic N) is 1. The molecule has 0 aromatic heterocycles. The Labute approximate surface area is 158 Å². The Morgan fingerprint density at radius 3 is 2.19 bits per heavy atom. The lowest BCUT2D eigenvalue weighted by atomic mass is 10.1. The van der Waals surface area contributed by atoms with Gasteiger partial charge < -0.3 is 15.0 Å². The van der Waals surface area contributed by atoms with Crippen LogP contribution in [0.2, 0.25) is 0 Å². The van der Waals surface area contributed by atoms with Crippen molar-refractivity contribution < 1.29 is 18.7 Å². The van der Waals surface area contributed by atoms with Crippen LogP contribution in [0.25, 0.3) is 0 Å². The zero-order valence-corrected chi connectivity index (χ0v) is 15.5. The summed E-state index contributed by atoms with van der Waals surface area (Å²) in [6.07, 6.45) is 2.09. The summed E-state index contributed by atoms with van der Waals surface area (Å²) in [6.45, 7) is 4.87. The number of halogens is 1. The molecule has 0 bridgehead atoms. The van der Waals surface area contributed by atoms with Gasteiger partial charge in [0.2, 0.25) is 0 Å². The van der Waals surface area contributed by atoms with E-state index in [4.69, 9.17) is 4.74 Å². The second-order valence-corrected chi connectivity index (χ2v) is 7.10. The van der Waals surface area contributed by atoms with E-state index in [0.29, 0.717) is 17.0 Å².